The van der Waals surface area contributed by atoms with E-state index in [1.807, 2.05) is 43.3 Å². The number of rotatable bonds is 0. The van der Waals surface area contributed by atoms with Crippen LogP contribution in [0.3, 0.4) is 0 Å². The van der Waals surface area contributed by atoms with Gasteiger partial charge in [0.15, 0.2) is 5.57 Å². The highest BCUT2D eigenvalue weighted by Gasteiger charge is 2.20. The number of hydrogen-bond acceptors (Lipinski definition) is 3. The smallest absolute Gasteiger partial charge is 0.153 e. The SMILES string of the molecule is C[C@@H]1Cc2ccccc2C(=C(C#N)C#N)N1. The van der Waals surface area contributed by atoms with Gasteiger partial charge in [-0.05, 0) is 18.9 Å². The van der Waals surface area contributed by atoms with E-state index in [0.717, 1.165) is 12.0 Å². The lowest BCUT2D eigenvalue weighted by Gasteiger charge is -2.26. The minimum atomic E-state index is 0.152. The van der Waals surface area contributed by atoms with Crippen molar-refractivity contribution in [2.75, 3.05) is 0 Å². The third kappa shape index (κ3) is 1.64. The van der Waals surface area contributed by atoms with Gasteiger partial charge in [-0.15, -0.1) is 0 Å². The van der Waals surface area contributed by atoms with Gasteiger partial charge in [0.1, 0.15) is 12.1 Å². The molecule has 1 atom stereocenters. The maximum atomic E-state index is 8.92. The van der Waals surface area contributed by atoms with Gasteiger partial charge in [-0.2, -0.15) is 10.5 Å². The van der Waals surface area contributed by atoms with Crippen molar-refractivity contribution in [3.63, 3.8) is 0 Å². The first-order valence-corrected chi connectivity index (χ1v) is 5.15. The second-order valence-corrected chi connectivity index (χ2v) is 3.88. The van der Waals surface area contributed by atoms with Gasteiger partial charge >= 0.3 is 0 Å². The first-order chi connectivity index (χ1) is 7.76. The van der Waals surface area contributed by atoms with E-state index in [9.17, 15) is 0 Å². The Hall–Kier alpha value is -2.26. The number of hydrogen-bond donors (Lipinski definition) is 1. The summed E-state index contributed by atoms with van der Waals surface area (Å²) in [7, 11) is 0. The Bertz CT molecular complexity index is 513. The molecule has 1 aliphatic heterocycles. The maximum Gasteiger partial charge on any atom is 0.153 e. The molecule has 1 heterocycles. The first-order valence-electron chi connectivity index (χ1n) is 5.15. The lowest BCUT2D eigenvalue weighted by molar-refractivity contribution is 0.627. The van der Waals surface area contributed by atoms with Crippen molar-refractivity contribution in [3.05, 3.63) is 41.0 Å². The summed E-state index contributed by atoms with van der Waals surface area (Å²) in [5.41, 5.74) is 2.98. The summed E-state index contributed by atoms with van der Waals surface area (Å²) < 4.78 is 0. The molecule has 0 amide bonds. The standard InChI is InChI=1S/C13H11N3/c1-9-6-10-4-2-3-5-12(10)13(16-9)11(7-14)8-15/h2-5,9,16H,6H2,1H3/t9-/m1/s1. The number of nitrogens with zero attached hydrogens (tertiary/aromatic N) is 2. The van der Waals surface area contributed by atoms with Crippen LogP contribution in [0.15, 0.2) is 29.8 Å². The van der Waals surface area contributed by atoms with Crippen molar-refractivity contribution < 1.29 is 0 Å². The molecule has 0 unspecified atom stereocenters. The average Bonchev–Trinajstić information content (AvgIpc) is 2.30. The van der Waals surface area contributed by atoms with Crippen LogP contribution in [0.4, 0.5) is 0 Å². The van der Waals surface area contributed by atoms with Crippen molar-refractivity contribution in [1.29, 1.82) is 10.5 Å². The molecule has 0 radical (unpaired) electrons. The van der Waals surface area contributed by atoms with Crippen molar-refractivity contribution in [1.82, 2.24) is 5.32 Å². The fourth-order valence-corrected chi connectivity index (χ4v) is 1.99. The maximum absolute atomic E-state index is 8.92. The number of fused-ring (bicyclic) bond motifs is 1. The fourth-order valence-electron chi connectivity index (χ4n) is 1.99. The highest BCUT2D eigenvalue weighted by molar-refractivity contribution is 5.77. The monoisotopic (exact) mass is 209 g/mol. The number of allylic oxidation sites excluding steroid dienone is 1. The molecule has 1 aromatic carbocycles. The minimum Gasteiger partial charge on any atom is -0.380 e. The lowest BCUT2D eigenvalue weighted by atomic mass is 9.92. The summed E-state index contributed by atoms with van der Waals surface area (Å²) in [6.45, 7) is 2.04. The molecule has 1 N–H and O–H groups in total. The first kappa shape index (κ1) is 10.3. The van der Waals surface area contributed by atoms with Gasteiger partial charge in [-0.3, -0.25) is 0 Å². The molecule has 0 aromatic heterocycles. The fraction of sp³-hybridized carbons (Fsp3) is 0.231. The van der Waals surface area contributed by atoms with Gasteiger partial charge in [0.05, 0.1) is 5.70 Å². The van der Waals surface area contributed by atoms with Crippen LogP contribution in [0.2, 0.25) is 0 Å². The van der Waals surface area contributed by atoms with Gasteiger partial charge in [0.25, 0.3) is 0 Å². The molecule has 78 valence electrons. The van der Waals surface area contributed by atoms with Crippen LogP contribution < -0.4 is 5.32 Å². The van der Waals surface area contributed by atoms with E-state index in [2.05, 4.69) is 5.32 Å². The van der Waals surface area contributed by atoms with E-state index < -0.39 is 0 Å². The van der Waals surface area contributed by atoms with Crippen LogP contribution in [0.5, 0.6) is 0 Å². The van der Waals surface area contributed by atoms with Crippen LogP contribution in [-0.4, -0.2) is 6.04 Å². The summed E-state index contributed by atoms with van der Waals surface area (Å²) in [5, 5.41) is 21.0. The van der Waals surface area contributed by atoms with Gasteiger partial charge in [-0.1, -0.05) is 24.3 Å². The van der Waals surface area contributed by atoms with Crippen molar-refractivity contribution in [3.8, 4) is 12.1 Å². The molecule has 2 rings (SSSR count). The van der Waals surface area contributed by atoms with Gasteiger partial charge in [0, 0.05) is 11.6 Å². The van der Waals surface area contributed by atoms with Gasteiger partial charge in [-0.25, -0.2) is 0 Å². The average molecular weight is 209 g/mol. The van der Waals surface area contributed by atoms with E-state index >= 15 is 0 Å². The molecule has 0 bridgehead atoms. The lowest BCUT2D eigenvalue weighted by Crippen LogP contribution is -2.32. The molecule has 0 saturated heterocycles. The van der Waals surface area contributed by atoms with Crippen molar-refractivity contribution >= 4 is 5.70 Å². The molecule has 3 nitrogen and oxygen atoms in total. The quantitative estimate of drug-likeness (QED) is 0.664. The second kappa shape index (κ2) is 4.08. The van der Waals surface area contributed by atoms with E-state index in [1.54, 1.807) is 0 Å². The Morgan fingerprint density at radius 1 is 1.31 bits per heavy atom. The summed E-state index contributed by atoms with van der Waals surface area (Å²) in [6.07, 6.45) is 0.920. The van der Waals surface area contributed by atoms with E-state index in [1.165, 1.54) is 5.56 Å². The van der Waals surface area contributed by atoms with E-state index in [0.29, 0.717) is 5.70 Å². The molecule has 0 aliphatic carbocycles. The topological polar surface area (TPSA) is 59.6 Å². The largest absolute Gasteiger partial charge is 0.380 e. The molecule has 0 spiro atoms. The minimum absolute atomic E-state index is 0.152. The second-order valence-electron chi connectivity index (χ2n) is 3.88. The van der Waals surface area contributed by atoms with Crippen LogP contribution in [0.1, 0.15) is 18.1 Å². The summed E-state index contributed by atoms with van der Waals surface area (Å²) >= 11 is 0. The molecular formula is C13H11N3. The van der Waals surface area contributed by atoms with Crippen LogP contribution >= 0.6 is 0 Å². The molecule has 16 heavy (non-hydrogen) atoms. The predicted molar refractivity (Wildman–Crippen MR) is 60.9 cm³/mol. The molecule has 1 aromatic rings. The highest BCUT2D eigenvalue weighted by atomic mass is 14.9. The molecule has 1 aliphatic rings. The van der Waals surface area contributed by atoms with Crippen LogP contribution in [0, 0.1) is 22.7 Å². The van der Waals surface area contributed by atoms with E-state index in [4.69, 9.17) is 10.5 Å². The number of nitriles is 2. The van der Waals surface area contributed by atoms with Crippen molar-refractivity contribution in [2.45, 2.75) is 19.4 Å². The van der Waals surface area contributed by atoms with Gasteiger partial charge < -0.3 is 5.32 Å². The van der Waals surface area contributed by atoms with Crippen LogP contribution in [-0.2, 0) is 6.42 Å². The summed E-state index contributed by atoms with van der Waals surface area (Å²) in [5.74, 6) is 0. The highest BCUT2D eigenvalue weighted by Crippen LogP contribution is 2.26. The molecule has 0 fully saturated rings. The summed E-state index contributed by atoms with van der Waals surface area (Å²) in [6, 6.07) is 12.0. The Morgan fingerprint density at radius 2 is 2.00 bits per heavy atom. The Labute approximate surface area is 94.6 Å². The molecular weight excluding hydrogens is 198 g/mol. The Morgan fingerprint density at radius 3 is 2.69 bits per heavy atom. The number of benzene rings is 1. The normalized spacial score (nSPS) is 17.7. The number of nitrogens with one attached hydrogen (secondary N) is 1. The molecule has 3 heteroatoms. The zero-order valence-corrected chi connectivity index (χ0v) is 8.99. The van der Waals surface area contributed by atoms with E-state index in [-0.39, 0.29) is 11.6 Å². The zero-order chi connectivity index (χ0) is 11.5. The zero-order valence-electron chi connectivity index (χ0n) is 8.99. The predicted octanol–water partition coefficient (Wildman–Crippen LogP) is 1.98. The van der Waals surface area contributed by atoms with Crippen LogP contribution in [0.25, 0.3) is 5.70 Å². The molecule has 0 saturated carbocycles. The Balaban J connectivity index is 2.64. The Kier molecular flexibility index (Phi) is 2.62. The van der Waals surface area contributed by atoms with Crippen molar-refractivity contribution in [2.24, 2.45) is 0 Å². The third-order valence-corrected chi connectivity index (χ3v) is 2.68. The summed E-state index contributed by atoms with van der Waals surface area (Å²) in [4.78, 5) is 0. The third-order valence-electron chi connectivity index (χ3n) is 2.68. The van der Waals surface area contributed by atoms with Gasteiger partial charge in [0.2, 0.25) is 0 Å².